The van der Waals surface area contributed by atoms with Gasteiger partial charge in [-0.05, 0) is 24.3 Å². The van der Waals surface area contributed by atoms with Crippen LogP contribution in [-0.2, 0) is 27.8 Å². The average Bonchev–Trinajstić information content (AvgIpc) is 2.95. The van der Waals surface area contributed by atoms with Gasteiger partial charge in [-0.3, -0.25) is 4.79 Å². The highest BCUT2D eigenvalue weighted by atomic mass is 32.2. The molecule has 28 heavy (non-hydrogen) atoms. The lowest BCUT2D eigenvalue weighted by Gasteiger charge is -2.37. The van der Waals surface area contributed by atoms with Gasteiger partial charge in [0, 0.05) is 24.3 Å². The molecule has 152 valence electrons. The van der Waals surface area contributed by atoms with Gasteiger partial charge in [0.15, 0.2) is 9.84 Å². The Morgan fingerprint density at radius 1 is 1.29 bits per heavy atom. The predicted molar refractivity (Wildman–Crippen MR) is 95.8 cm³/mol. The largest absolute Gasteiger partial charge is 0.416 e. The molecular weight excluding hydrogens is 397 g/mol. The summed E-state index contributed by atoms with van der Waals surface area (Å²) in [6.45, 7) is 2.50. The Hall–Kier alpha value is -2.33. The Morgan fingerprint density at radius 2 is 1.96 bits per heavy atom. The molecule has 1 aromatic heterocycles. The number of rotatable bonds is 5. The Kier molecular flexibility index (Phi) is 5.05. The number of hydrogen-bond donors (Lipinski definition) is 1. The number of halogens is 3. The van der Waals surface area contributed by atoms with E-state index in [0.29, 0.717) is 13.2 Å². The highest BCUT2D eigenvalue weighted by Crippen LogP contribution is 2.32. The van der Waals surface area contributed by atoms with E-state index in [1.165, 1.54) is 36.0 Å². The lowest BCUT2D eigenvalue weighted by Crippen LogP contribution is -2.45. The standard InChI is InChI=1S/C18H19F3N2O4S/c1-17(9-27-10-17)11-28(25,26)14-7-15(23(2)8-14)16(24)22-13-5-3-4-12(6-13)18(19,20)21/h3-8H,9-11H2,1-2H3,(H,22,24). The van der Waals surface area contributed by atoms with E-state index in [2.05, 4.69) is 5.32 Å². The van der Waals surface area contributed by atoms with E-state index in [-0.39, 0.29) is 22.0 Å². The summed E-state index contributed by atoms with van der Waals surface area (Å²) in [5.41, 5.74) is -1.37. The number of carbonyl (C=O) groups excluding carboxylic acids is 1. The number of sulfone groups is 1. The van der Waals surface area contributed by atoms with Crippen molar-refractivity contribution in [2.24, 2.45) is 12.5 Å². The summed E-state index contributed by atoms with van der Waals surface area (Å²) in [5, 5.41) is 2.37. The molecule has 1 aliphatic rings. The lowest BCUT2D eigenvalue weighted by molar-refractivity contribution is -0.137. The van der Waals surface area contributed by atoms with Gasteiger partial charge in [0.25, 0.3) is 5.91 Å². The average molecular weight is 416 g/mol. The van der Waals surface area contributed by atoms with Gasteiger partial charge < -0.3 is 14.6 Å². The first-order valence-electron chi connectivity index (χ1n) is 8.35. The molecule has 3 rings (SSSR count). The number of aromatic nitrogens is 1. The highest BCUT2D eigenvalue weighted by Gasteiger charge is 2.39. The molecule has 1 aliphatic heterocycles. The number of carbonyl (C=O) groups is 1. The lowest BCUT2D eigenvalue weighted by atomic mass is 9.92. The third-order valence-electron chi connectivity index (χ3n) is 4.46. The van der Waals surface area contributed by atoms with Gasteiger partial charge in [0.1, 0.15) is 5.69 Å². The number of benzene rings is 1. The van der Waals surface area contributed by atoms with E-state index < -0.39 is 32.9 Å². The van der Waals surface area contributed by atoms with Gasteiger partial charge >= 0.3 is 6.18 Å². The smallest absolute Gasteiger partial charge is 0.380 e. The number of aryl methyl sites for hydroxylation is 1. The van der Waals surface area contributed by atoms with Crippen molar-refractivity contribution in [1.29, 1.82) is 0 Å². The molecule has 1 amide bonds. The maximum atomic E-state index is 12.8. The summed E-state index contributed by atoms with van der Waals surface area (Å²) in [6, 6.07) is 5.44. The van der Waals surface area contributed by atoms with Crippen LogP contribution in [0.3, 0.4) is 0 Å². The summed E-state index contributed by atoms with van der Waals surface area (Å²) in [7, 11) is -2.15. The second kappa shape index (κ2) is 6.93. The summed E-state index contributed by atoms with van der Waals surface area (Å²) in [6.07, 6.45) is -3.21. The van der Waals surface area contributed by atoms with Gasteiger partial charge in [0.05, 0.1) is 29.4 Å². The molecule has 10 heteroatoms. The van der Waals surface area contributed by atoms with Crippen molar-refractivity contribution in [3.8, 4) is 0 Å². The Balaban J connectivity index is 1.80. The number of anilines is 1. The minimum atomic E-state index is -4.53. The number of nitrogens with one attached hydrogen (secondary N) is 1. The SMILES string of the molecule is Cn1cc(S(=O)(=O)CC2(C)COC2)cc1C(=O)Nc1cccc(C(F)(F)F)c1. The van der Waals surface area contributed by atoms with Crippen LogP contribution in [0, 0.1) is 5.41 Å². The molecule has 1 fully saturated rings. The van der Waals surface area contributed by atoms with Crippen LogP contribution in [-0.4, -0.2) is 37.9 Å². The van der Waals surface area contributed by atoms with Gasteiger partial charge in [-0.25, -0.2) is 8.42 Å². The molecule has 0 aliphatic carbocycles. The molecule has 1 N–H and O–H groups in total. The summed E-state index contributed by atoms with van der Waals surface area (Å²) in [5.74, 6) is -0.819. The van der Waals surface area contributed by atoms with E-state index >= 15 is 0 Å². The summed E-state index contributed by atoms with van der Waals surface area (Å²) in [4.78, 5) is 12.4. The van der Waals surface area contributed by atoms with Gasteiger partial charge in [-0.1, -0.05) is 13.0 Å². The van der Waals surface area contributed by atoms with Crippen LogP contribution >= 0.6 is 0 Å². The minimum Gasteiger partial charge on any atom is -0.380 e. The molecule has 0 unspecified atom stereocenters. The third-order valence-corrected chi connectivity index (χ3v) is 6.48. The van der Waals surface area contributed by atoms with Crippen molar-refractivity contribution in [3.63, 3.8) is 0 Å². The minimum absolute atomic E-state index is 0.0164. The fourth-order valence-corrected chi connectivity index (χ4v) is 4.84. The Bertz CT molecular complexity index is 1010. The van der Waals surface area contributed by atoms with Crippen LogP contribution in [0.15, 0.2) is 41.4 Å². The van der Waals surface area contributed by atoms with Crippen molar-refractivity contribution >= 4 is 21.4 Å². The van der Waals surface area contributed by atoms with E-state index in [4.69, 9.17) is 4.74 Å². The van der Waals surface area contributed by atoms with Gasteiger partial charge in [0.2, 0.25) is 0 Å². The van der Waals surface area contributed by atoms with Crippen LogP contribution in [0.1, 0.15) is 23.0 Å². The first kappa shape index (κ1) is 20.4. The maximum absolute atomic E-state index is 12.8. The number of nitrogens with zero attached hydrogens (tertiary/aromatic N) is 1. The van der Waals surface area contributed by atoms with Crippen molar-refractivity contribution in [2.45, 2.75) is 18.0 Å². The molecule has 0 saturated carbocycles. The van der Waals surface area contributed by atoms with Crippen LogP contribution < -0.4 is 5.32 Å². The molecule has 6 nitrogen and oxygen atoms in total. The van der Waals surface area contributed by atoms with Crippen LogP contribution in [0.4, 0.5) is 18.9 Å². The van der Waals surface area contributed by atoms with E-state index in [1.807, 2.05) is 0 Å². The van der Waals surface area contributed by atoms with Crippen LogP contribution in [0.2, 0.25) is 0 Å². The topological polar surface area (TPSA) is 77.4 Å². The third kappa shape index (κ3) is 4.22. The molecule has 2 heterocycles. The molecule has 1 aromatic carbocycles. The van der Waals surface area contributed by atoms with Crippen molar-refractivity contribution in [1.82, 2.24) is 4.57 Å². The molecule has 2 aromatic rings. The van der Waals surface area contributed by atoms with Gasteiger partial charge in [-0.2, -0.15) is 13.2 Å². The molecular formula is C18H19F3N2O4S. The molecule has 0 atom stereocenters. The van der Waals surface area contributed by atoms with E-state index in [9.17, 15) is 26.4 Å². The second-order valence-corrected chi connectivity index (χ2v) is 9.26. The van der Waals surface area contributed by atoms with Crippen LogP contribution in [0.5, 0.6) is 0 Å². The van der Waals surface area contributed by atoms with E-state index in [0.717, 1.165) is 12.1 Å². The number of hydrogen-bond acceptors (Lipinski definition) is 4. The fourth-order valence-electron chi connectivity index (χ4n) is 2.97. The first-order chi connectivity index (χ1) is 12.9. The number of ether oxygens (including phenoxy) is 1. The number of alkyl halides is 3. The monoisotopic (exact) mass is 416 g/mol. The zero-order valence-corrected chi connectivity index (χ0v) is 16.0. The highest BCUT2D eigenvalue weighted by molar-refractivity contribution is 7.91. The predicted octanol–water partition coefficient (Wildman–Crippen LogP) is 3.11. The van der Waals surface area contributed by atoms with Crippen molar-refractivity contribution < 1.29 is 31.1 Å². The zero-order chi connectivity index (χ0) is 20.7. The van der Waals surface area contributed by atoms with E-state index in [1.54, 1.807) is 6.92 Å². The summed E-state index contributed by atoms with van der Waals surface area (Å²) < 4.78 is 70.0. The normalized spacial score (nSPS) is 16.5. The quantitative estimate of drug-likeness (QED) is 0.813. The fraction of sp³-hybridized carbons (Fsp3) is 0.389. The maximum Gasteiger partial charge on any atom is 0.416 e. The molecule has 1 saturated heterocycles. The zero-order valence-electron chi connectivity index (χ0n) is 15.2. The second-order valence-electron chi connectivity index (χ2n) is 7.27. The number of amides is 1. The van der Waals surface area contributed by atoms with Crippen molar-refractivity contribution in [2.75, 3.05) is 24.3 Å². The first-order valence-corrected chi connectivity index (χ1v) is 10.0. The summed E-state index contributed by atoms with van der Waals surface area (Å²) >= 11 is 0. The Morgan fingerprint density at radius 3 is 2.54 bits per heavy atom. The Labute approximate surface area is 160 Å². The molecule has 0 bridgehead atoms. The van der Waals surface area contributed by atoms with Crippen molar-refractivity contribution in [3.05, 3.63) is 47.8 Å². The molecule has 0 spiro atoms. The van der Waals surface area contributed by atoms with Gasteiger partial charge in [-0.15, -0.1) is 0 Å². The molecule has 0 radical (unpaired) electrons. The van der Waals surface area contributed by atoms with Crippen LogP contribution in [0.25, 0.3) is 0 Å².